The van der Waals surface area contributed by atoms with Gasteiger partial charge in [0, 0.05) is 11.3 Å². The van der Waals surface area contributed by atoms with E-state index in [1.807, 2.05) is 0 Å². The minimum Gasteiger partial charge on any atom is -0.443 e. The average molecular weight is 362 g/mol. The Labute approximate surface area is 146 Å². The fraction of sp³-hybridized carbons (Fsp3) is 0.118. The summed E-state index contributed by atoms with van der Waals surface area (Å²) >= 11 is 0. The molecule has 0 bridgehead atoms. The molecule has 3 aromatic rings. The molecular formula is C17H13F3N4O2. The fourth-order valence-corrected chi connectivity index (χ4v) is 2.15. The molecule has 0 saturated heterocycles. The lowest BCUT2D eigenvalue weighted by Crippen LogP contribution is -2.13. The Balaban J connectivity index is 1.54. The number of carbonyl (C=O) groups is 1. The molecule has 2 aromatic carbocycles. The first kappa shape index (κ1) is 17.5. The van der Waals surface area contributed by atoms with Gasteiger partial charge in [0.15, 0.2) is 0 Å². The summed E-state index contributed by atoms with van der Waals surface area (Å²) in [5.41, 5.74) is 0.828. The third-order valence-corrected chi connectivity index (χ3v) is 3.37. The number of nitrogens with zero attached hydrogens (tertiary/aromatic N) is 3. The van der Waals surface area contributed by atoms with E-state index in [9.17, 15) is 18.0 Å². The summed E-state index contributed by atoms with van der Waals surface area (Å²) in [6, 6.07) is 8.31. The molecule has 6 nitrogen and oxygen atoms in total. The zero-order valence-corrected chi connectivity index (χ0v) is 13.3. The molecule has 0 aliphatic rings. The van der Waals surface area contributed by atoms with Crippen molar-refractivity contribution in [2.45, 2.75) is 13.2 Å². The second-order valence-electron chi connectivity index (χ2n) is 5.35. The fourth-order valence-electron chi connectivity index (χ4n) is 2.15. The third-order valence-electron chi connectivity index (χ3n) is 3.37. The van der Waals surface area contributed by atoms with Crippen molar-refractivity contribution in [3.05, 3.63) is 77.4 Å². The molecule has 9 heteroatoms. The van der Waals surface area contributed by atoms with Crippen LogP contribution in [0, 0.1) is 17.5 Å². The highest BCUT2D eigenvalue weighted by Gasteiger charge is 2.09. The standard InChI is InChI=1S/C17H13F3N4O2/c18-12-1-4-14(5-2-12)21-17(25)26-10-15-9-24(23-22-15)8-11-7-13(19)3-6-16(11)20/h1-7,9H,8,10H2,(H,21,25). The lowest BCUT2D eigenvalue weighted by Gasteiger charge is -2.05. The molecule has 1 N–H and O–H groups in total. The Kier molecular flexibility index (Phi) is 5.16. The van der Waals surface area contributed by atoms with E-state index in [0.29, 0.717) is 11.4 Å². The van der Waals surface area contributed by atoms with Crippen LogP contribution in [0.1, 0.15) is 11.3 Å². The second-order valence-corrected chi connectivity index (χ2v) is 5.35. The van der Waals surface area contributed by atoms with Gasteiger partial charge in [-0.3, -0.25) is 5.32 Å². The number of anilines is 1. The van der Waals surface area contributed by atoms with Crippen molar-refractivity contribution in [1.82, 2.24) is 15.0 Å². The summed E-state index contributed by atoms with van der Waals surface area (Å²) in [4.78, 5) is 11.7. The highest BCUT2D eigenvalue weighted by Crippen LogP contribution is 2.12. The Morgan fingerprint density at radius 2 is 1.81 bits per heavy atom. The molecular weight excluding hydrogens is 349 g/mol. The Hall–Kier alpha value is -3.36. The summed E-state index contributed by atoms with van der Waals surface area (Å²) in [6.07, 6.45) is 0.706. The van der Waals surface area contributed by atoms with Crippen molar-refractivity contribution >= 4 is 11.8 Å². The van der Waals surface area contributed by atoms with E-state index in [1.165, 1.54) is 35.1 Å². The van der Waals surface area contributed by atoms with Crippen molar-refractivity contribution in [1.29, 1.82) is 0 Å². The molecule has 0 aliphatic heterocycles. The van der Waals surface area contributed by atoms with E-state index in [0.717, 1.165) is 18.2 Å². The molecule has 0 radical (unpaired) electrons. The van der Waals surface area contributed by atoms with Gasteiger partial charge in [-0.2, -0.15) is 0 Å². The number of halogens is 3. The van der Waals surface area contributed by atoms with Gasteiger partial charge in [0.2, 0.25) is 0 Å². The molecule has 0 saturated carbocycles. The summed E-state index contributed by atoms with van der Waals surface area (Å²) in [5, 5.41) is 10.0. The van der Waals surface area contributed by atoms with E-state index in [1.54, 1.807) is 0 Å². The van der Waals surface area contributed by atoms with E-state index in [4.69, 9.17) is 4.74 Å². The van der Waals surface area contributed by atoms with Gasteiger partial charge >= 0.3 is 6.09 Å². The topological polar surface area (TPSA) is 69.0 Å². The van der Waals surface area contributed by atoms with Crippen molar-refractivity contribution in [3.8, 4) is 0 Å². The number of hydrogen-bond acceptors (Lipinski definition) is 4. The van der Waals surface area contributed by atoms with E-state index in [2.05, 4.69) is 15.6 Å². The third kappa shape index (κ3) is 4.59. The van der Waals surface area contributed by atoms with Crippen LogP contribution in [0.3, 0.4) is 0 Å². The maximum absolute atomic E-state index is 13.6. The molecule has 0 fully saturated rings. The van der Waals surface area contributed by atoms with Gasteiger partial charge in [0.1, 0.15) is 29.8 Å². The maximum Gasteiger partial charge on any atom is 0.412 e. The number of rotatable bonds is 5. The molecule has 134 valence electrons. The first-order valence-corrected chi connectivity index (χ1v) is 7.52. The van der Waals surface area contributed by atoms with Crippen LogP contribution in [0.2, 0.25) is 0 Å². The van der Waals surface area contributed by atoms with Gasteiger partial charge in [-0.15, -0.1) is 5.10 Å². The largest absolute Gasteiger partial charge is 0.443 e. The normalized spacial score (nSPS) is 10.6. The van der Waals surface area contributed by atoms with Crippen LogP contribution in [0.4, 0.5) is 23.7 Å². The summed E-state index contributed by atoms with van der Waals surface area (Å²) in [5.74, 6) is -1.53. The Morgan fingerprint density at radius 3 is 2.58 bits per heavy atom. The first-order valence-electron chi connectivity index (χ1n) is 7.52. The van der Waals surface area contributed by atoms with Crippen LogP contribution in [0.15, 0.2) is 48.7 Å². The average Bonchev–Trinajstić information content (AvgIpc) is 3.06. The molecule has 0 aliphatic carbocycles. The SMILES string of the molecule is O=C(Nc1ccc(F)cc1)OCc1cn(Cc2cc(F)ccc2F)nn1. The zero-order chi connectivity index (χ0) is 18.5. The minimum absolute atomic E-state index is 0.0155. The van der Waals surface area contributed by atoms with Crippen molar-refractivity contribution in [3.63, 3.8) is 0 Å². The summed E-state index contributed by atoms with van der Waals surface area (Å²) in [6.45, 7) is -0.184. The van der Waals surface area contributed by atoms with E-state index in [-0.39, 0.29) is 18.7 Å². The maximum atomic E-state index is 13.6. The van der Waals surface area contributed by atoms with Crippen molar-refractivity contribution in [2.75, 3.05) is 5.32 Å². The molecule has 1 amide bonds. The van der Waals surface area contributed by atoms with Gasteiger partial charge in [-0.1, -0.05) is 5.21 Å². The van der Waals surface area contributed by atoms with Gasteiger partial charge in [0.05, 0.1) is 12.7 Å². The van der Waals surface area contributed by atoms with Crippen LogP contribution >= 0.6 is 0 Å². The van der Waals surface area contributed by atoms with E-state index >= 15 is 0 Å². The smallest absolute Gasteiger partial charge is 0.412 e. The van der Waals surface area contributed by atoms with Crippen molar-refractivity contribution < 1.29 is 22.7 Å². The van der Waals surface area contributed by atoms with Crippen LogP contribution in [-0.4, -0.2) is 21.1 Å². The number of nitrogens with one attached hydrogen (secondary N) is 1. The zero-order valence-electron chi connectivity index (χ0n) is 13.3. The number of ether oxygens (including phenoxy) is 1. The molecule has 0 atom stereocenters. The molecule has 0 unspecified atom stereocenters. The quantitative estimate of drug-likeness (QED) is 0.754. The highest BCUT2D eigenvalue weighted by molar-refractivity contribution is 5.84. The second kappa shape index (κ2) is 7.68. The predicted molar refractivity (Wildman–Crippen MR) is 85.7 cm³/mol. The lowest BCUT2D eigenvalue weighted by atomic mass is 10.2. The number of amides is 1. The minimum atomic E-state index is -0.748. The number of hydrogen-bond donors (Lipinski definition) is 1. The lowest BCUT2D eigenvalue weighted by molar-refractivity contribution is 0.153. The highest BCUT2D eigenvalue weighted by atomic mass is 19.1. The molecule has 3 rings (SSSR count). The van der Waals surface area contributed by atoms with Crippen molar-refractivity contribution in [2.24, 2.45) is 0 Å². The summed E-state index contributed by atoms with van der Waals surface area (Å²) < 4.78 is 45.9. The molecule has 26 heavy (non-hydrogen) atoms. The van der Waals surface area contributed by atoms with Crippen LogP contribution in [-0.2, 0) is 17.9 Å². The van der Waals surface area contributed by atoms with Gasteiger partial charge < -0.3 is 4.74 Å². The molecule has 1 aromatic heterocycles. The molecule has 0 spiro atoms. The number of benzene rings is 2. The van der Waals surface area contributed by atoms with E-state index < -0.39 is 23.5 Å². The Bertz CT molecular complexity index is 913. The molecule has 1 heterocycles. The number of carbonyl (C=O) groups excluding carboxylic acids is 1. The van der Waals surface area contributed by atoms with Crippen LogP contribution in [0.5, 0.6) is 0 Å². The van der Waals surface area contributed by atoms with Gasteiger partial charge in [-0.25, -0.2) is 22.6 Å². The van der Waals surface area contributed by atoms with Crippen LogP contribution < -0.4 is 5.32 Å². The van der Waals surface area contributed by atoms with Gasteiger partial charge in [-0.05, 0) is 42.5 Å². The van der Waals surface area contributed by atoms with Crippen LogP contribution in [0.25, 0.3) is 0 Å². The first-order chi connectivity index (χ1) is 12.5. The number of aromatic nitrogens is 3. The summed E-state index contributed by atoms with van der Waals surface area (Å²) in [7, 11) is 0. The Morgan fingerprint density at radius 1 is 1.08 bits per heavy atom. The monoisotopic (exact) mass is 362 g/mol. The van der Waals surface area contributed by atoms with Gasteiger partial charge in [0.25, 0.3) is 0 Å². The predicted octanol–water partition coefficient (Wildman–Crippen LogP) is 3.49.